The average molecular weight is 382 g/mol. The summed E-state index contributed by atoms with van der Waals surface area (Å²) in [5.41, 5.74) is 0.765. The van der Waals surface area contributed by atoms with Crippen molar-refractivity contribution in [1.82, 2.24) is 4.98 Å². The minimum atomic E-state index is -1.15. The van der Waals surface area contributed by atoms with Gasteiger partial charge >= 0.3 is 11.9 Å². The second kappa shape index (κ2) is 7.50. The molecule has 1 aromatic heterocycles. The summed E-state index contributed by atoms with van der Waals surface area (Å²) in [6.45, 7) is 0. The number of fused-ring (bicyclic) bond motifs is 1. The summed E-state index contributed by atoms with van der Waals surface area (Å²) < 4.78 is 5.41. The van der Waals surface area contributed by atoms with Gasteiger partial charge < -0.3 is 14.8 Å². The first kappa shape index (κ1) is 17.8. The first-order valence-electron chi connectivity index (χ1n) is 8.08. The molecule has 0 radical (unpaired) electrons. The number of aromatic amines is 1. The van der Waals surface area contributed by atoms with Gasteiger partial charge in [-0.3, -0.25) is 0 Å². The van der Waals surface area contributed by atoms with E-state index in [0.717, 1.165) is 25.7 Å². The number of carboxylic acids is 1. The van der Waals surface area contributed by atoms with Crippen LogP contribution in [0.5, 0.6) is 0 Å². The summed E-state index contributed by atoms with van der Waals surface area (Å²) in [6, 6.07) is 3.12. The molecule has 1 aliphatic rings. The molecule has 1 fully saturated rings. The fraction of sp³-hybridized carbons (Fsp3) is 0.333. The van der Waals surface area contributed by atoms with E-state index >= 15 is 0 Å². The van der Waals surface area contributed by atoms with Crippen molar-refractivity contribution in [1.29, 1.82) is 0 Å². The standard InChI is InChI=1S/C18H17Cl2NO4/c19-10-8-13(20)16-12(17(18(23)24)21-14(16)9-10)6-7-15(22)25-11-4-2-1-3-5-11/h6-9,11,21H,1-5H2,(H,23,24)/b7-6+. The first-order valence-corrected chi connectivity index (χ1v) is 8.84. The molecule has 2 N–H and O–H groups in total. The second-order valence-corrected chi connectivity index (χ2v) is 6.90. The highest BCUT2D eigenvalue weighted by Crippen LogP contribution is 2.33. The number of hydrogen-bond acceptors (Lipinski definition) is 3. The van der Waals surface area contributed by atoms with E-state index in [2.05, 4.69) is 4.98 Å². The van der Waals surface area contributed by atoms with Gasteiger partial charge in [0.05, 0.1) is 5.02 Å². The molecular formula is C18H17Cl2NO4. The number of carbonyl (C=O) groups is 2. The zero-order valence-corrected chi connectivity index (χ0v) is 14.9. The van der Waals surface area contributed by atoms with Gasteiger partial charge in [0, 0.05) is 27.6 Å². The Morgan fingerprint density at radius 2 is 1.92 bits per heavy atom. The number of hydrogen-bond donors (Lipinski definition) is 2. The van der Waals surface area contributed by atoms with E-state index in [-0.39, 0.29) is 11.8 Å². The Morgan fingerprint density at radius 3 is 2.60 bits per heavy atom. The topological polar surface area (TPSA) is 79.4 Å². The number of halogens is 2. The molecule has 0 spiro atoms. The van der Waals surface area contributed by atoms with Crippen molar-refractivity contribution < 1.29 is 19.4 Å². The molecule has 132 valence electrons. The zero-order valence-electron chi connectivity index (χ0n) is 13.4. The van der Waals surface area contributed by atoms with E-state index < -0.39 is 11.9 Å². The molecule has 1 saturated carbocycles. The van der Waals surface area contributed by atoms with Crippen LogP contribution < -0.4 is 0 Å². The molecule has 1 heterocycles. The van der Waals surface area contributed by atoms with Crippen LogP contribution in [-0.4, -0.2) is 28.1 Å². The molecule has 0 aliphatic heterocycles. The molecule has 1 aromatic carbocycles. The lowest BCUT2D eigenvalue weighted by molar-refractivity contribution is -0.144. The lowest BCUT2D eigenvalue weighted by Crippen LogP contribution is -2.19. The molecule has 1 aliphatic carbocycles. The molecule has 0 amide bonds. The van der Waals surface area contributed by atoms with E-state index in [9.17, 15) is 14.7 Å². The van der Waals surface area contributed by atoms with Crippen molar-refractivity contribution >= 4 is 52.1 Å². The summed E-state index contributed by atoms with van der Waals surface area (Å²) in [5.74, 6) is -1.63. The molecule has 2 aromatic rings. The Balaban J connectivity index is 1.90. The predicted molar refractivity (Wildman–Crippen MR) is 97.3 cm³/mol. The van der Waals surface area contributed by atoms with E-state index in [1.54, 1.807) is 6.07 Å². The highest BCUT2D eigenvalue weighted by atomic mass is 35.5. The smallest absolute Gasteiger partial charge is 0.352 e. The number of nitrogens with one attached hydrogen (secondary N) is 1. The number of carbonyl (C=O) groups excluding carboxylic acids is 1. The van der Waals surface area contributed by atoms with Gasteiger partial charge in [-0.15, -0.1) is 0 Å². The number of carboxylic acid groups (broad SMARTS) is 1. The third-order valence-electron chi connectivity index (χ3n) is 4.29. The van der Waals surface area contributed by atoms with Gasteiger partial charge in [-0.1, -0.05) is 29.6 Å². The van der Waals surface area contributed by atoms with Crippen LogP contribution in [0.15, 0.2) is 18.2 Å². The van der Waals surface area contributed by atoms with Gasteiger partial charge in [0.2, 0.25) is 0 Å². The third kappa shape index (κ3) is 3.99. The Kier molecular flexibility index (Phi) is 5.35. The minimum Gasteiger partial charge on any atom is -0.477 e. The second-order valence-electron chi connectivity index (χ2n) is 6.06. The lowest BCUT2D eigenvalue weighted by atomic mass is 9.98. The quantitative estimate of drug-likeness (QED) is 0.572. The maximum absolute atomic E-state index is 12.0. The van der Waals surface area contributed by atoms with Crippen molar-refractivity contribution in [3.8, 4) is 0 Å². The summed E-state index contributed by atoms with van der Waals surface area (Å²) in [4.78, 5) is 26.3. The molecule has 3 rings (SSSR count). The molecule has 7 heteroatoms. The van der Waals surface area contributed by atoms with Crippen molar-refractivity contribution in [2.45, 2.75) is 38.2 Å². The van der Waals surface area contributed by atoms with Crippen LogP contribution in [0.25, 0.3) is 17.0 Å². The zero-order chi connectivity index (χ0) is 18.0. The number of H-pyrrole nitrogens is 1. The van der Waals surface area contributed by atoms with Crippen molar-refractivity contribution in [3.63, 3.8) is 0 Å². The van der Waals surface area contributed by atoms with Gasteiger partial charge in [0.15, 0.2) is 0 Å². The Bertz CT molecular complexity index is 850. The van der Waals surface area contributed by atoms with E-state index in [4.69, 9.17) is 27.9 Å². The van der Waals surface area contributed by atoms with Crippen LogP contribution in [0.2, 0.25) is 10.0 Å². The number of benzene rings is 1. The van der Waals surface area contributed by atoms with Gasteiger partial charge in [0.25, 0.3) is 0 Å². The first-order chi connectivity index (χ1) is 12.0. The van der Waals surface area contributed by atoms with Gasteiger partial charge in [-0.05, 0) is 43.9 Å². The Hall–Kier alpha value is -1.98. The van der Waals surface area contributed by atoms with Gasteiger partial charge in [-0.25, -0.2) is 9.59 Å². The highest BCUT2D eigenvalue weighted by molar-refractivity contribution is 6.39. The monoisotopic (exact) mass is 381 g/mol. The predicted octanol–water partition coefficient (Wildman–Crippen LogP) is 5.06. The van der Waals surface area contributed by atoms with Crippen LogP contribution in [0, 0.1) is 0 Å². The third-order valence-corrected chi connectivity index (χ3v) is 4.80. The Labute approximate surface area is 154 Å². The van der Waals surface area contributed by atoms with Crippen molar-refractivity contribution in [2.75, 3.05) is 0 Å². The normalized spacial score (nSPS) is 15.8. The number of esters is 1. The largest absolute Gasteiger partial charge is 0.477 e. The molecular weight excluding hydrogens is 365 g/mol. The van der Waals surface area contributed by atoms with E-state index in [0.29, 0.717) is 26.5 Å². The summed E-state index contributed by atoms with van der Waals surface area (Å²) in [5, 5.41) is 10.6. The number of aromatic nitrogens is 1. The van der Waals surface area contributed by atoms with Crippen LogP contribution in [-0.2, 0) is 9.53 Å². The maximum atomic E-state index is 12.0. The summed E-state index contributed by atoms with van der Waals surface area (Å²) in [6.07, 6.45) is 7.64. The summed E-state index contributed by atoms with van der Waals surface area (Å²) >= 11 is 12.2. The van der Waals surface area contributed by atoms with Crippen LogP contribution >= 0.6 is 23.2 Å². The fourth-order valence-electron chi connectivity index (χ4n) is 3.15. The molecule has 5 nitrogen and oxygen atoms in total. The SMILES string of the molecule is O=C(/C=C/c1c(C(=O)O)[nH]c2cc(Cl)cc(Cl)c12)OC1CCCCC1. The lowest BCUT2D eigenvalue weighted by Gasteiger charge is -2.20. The highest BCUT2D eigenvalue weighted by Gasteiger charge is 2.19. The number of rotatable bonds is 4. The van der Waals surface area contributed by atoms with E-state index in [1.807, 2.05) is 0 Å². The maximum Gasteiger partial charge on any atom is 0.352 e. The van der Waals surface area contributed by atoms with Crippen LogP contribution in [0.3, 0.4) is 0 Å². The van der Waals surface area contributed by atoms with Crippen molar-refractivity contribution in [2.24, 2.45) is 0 Å². The fourth-order valence-corrected chi connectivity index (χ4v) is 3.74. The van der Waals surface area contributed by atoms with Crippen LogP contribution in [0.1, 0.15) is 48.2 Å². The molecule has 0 saturated heterocycles. The van der Waals surface area contributed by atoms with Crippen molar-refractivity contribution in [3.05, 3.63) is 39.5 Å². The van der Waals surface area contributed by atoms with Gasteiger partial charge in [-0.2, -0.15) is 0 Å². The number of ether oxygens (including phenoxy) is 1. The minimum absolute atomic E-state index is 0.0547. The number of aromatic carboxylic acids is 1. The van der Waals surface area contributed by atoms with Gasteiger partial charge in [0.1, 0.15) is 11.8 Å². The van der Waals surface area contributed by atoms with Crippen LogP contribution in [0.4, 0.5) is 0 Å². The Morgan fingerprint density at radius 1 is 1.20 bits per heavy atom. The molecule has 0 bridgehead atoms. The molecule has 0 unspecified atom stereocenters. The average Bonchev–Trinajstić information content (AvgIpc) is 2.93. The van der Waals surface area contributed by atoms with E-state index in [1.165, 1.54) is 24.6 Å². The summed E-state index contributed by atoms with van der Waals surface area (Å²) in [7, 11) is 0. The molecule has 25 heavy (non-hydrogen) atoms. The molecule has 0 atom stereocenters.